The lowest BCUT2D eigenvalue weighted by atomic mass is 9.87. The zero-order valence-electron chi connectivity index (χ0n) is 11.9. The highest BCUT2D eigenvalue weighted by Crippen LogP contribution is 2.23. The summed E-state index contributed by atoms with van der Waals surface area (Å²) < 4.78 is 0. The first kappa shape index (κ1) is 14.7. The molecule has 1 heterocycles. The number of aryl methyl sites for hydroxylation is 1. The molecule has 0 radical (unpaired) electrons. The number of aromatic amines is 1. The number of rotatable bonds is 3. The van der Waals surface area contributed by atoms with Crippen LogP contribution in [0.2, 0.25) is 0 Å². The van der Waals surface area contributed by atoms with Crippen molar-refractivity contribution in [1.29, 1.82) is 0 Å². The lowest BCUT2D eigenvalue weighted by Crippen LogP contribution is -2.36. The Balaban J connectivity index is 1.99. The van der Waals surface area contributed by atoms with Crippen molar-refractivity contribution in [2.75, 3.05) is 6.54 Å². The van der Waals surface area contributed by atoms with Gasteiger partial charge in [0, 0.05) is 6.54 Å². The summed E-state index contributed by atoms with van der Waals surface area (Å²) in [5, 5.41) is 18.4. The normalized spacial score (nSPS) is 22.6. The number of aromatic nitrogens is 2. The summed E-state index contributed by atoms with van der Waals surface area (Å²) in [6.07, 6.45) is 3.19. The number of hydrogen-bond acceptors (Lipinski definition) is 4. The van der Waals surface area contributed by atoms with Crippen LogP contribution in [0, 0.1) is 19.8 Å². The van der Waals surface area contributed by atoms with Crippen LogP contribution in [-0.4, -0.2) is 33.9 Å². The molecule has 110 valence electrons. The molecule has 0 atom stereocenters. The van der Waals surface area contributed by atoms with Gasteiger partial charge in [0.15, 0.2) is 0 Å². The number of H-pyrrole nitrogens is 1. The average molecular weight is 279 g/mol. The molecule has 1 saturated carbocycles. The minimum Gasteiger partial charge on any atom is -0.393 e. The highest BCUT2D eigenvalue weighted by Gasteiger charge is 2.21. The number of aliphatic hydroxyl groups is 1. The third-order valence-electron chi connectivity index (χ3n) is 4.06. The Labute approximate surface area is 117 Å². The van der Waals surface area contributed by atoms with E-state index in [9.17, 15) is 14.7 Å². The Morgan fingerprint density at radius 3 is 2.65 bits per heavy atom. The molecule has 0 bridgehead atoms. The molecule has 1 fully saturated rings. The first-order chi connectivity index (χ1) is 9.49. The summed E-state index contributed by atoms with van der Waals surface area (Å²) in [7, 11) is 0. The first-order valence-electron chi connectivity index (χ1n) is 7.01. The third kappa shape index (κ3) is 3.25. The van der Waals surface area contributed by atoms with E-state index in [4.69, 9.17) is 0 Å². The van der Waals surface area contributed by atoms with Crippen LogP contribution >= 0.6 is 0 Å². The third-order valence-corrected chi connectivity index (χ3v) is 4.06. The van der Waals surface area contributed by atoms with Crippen molar-refractivity contribution in [2.45, 2.75) is 45.6 Å². The number of carbonyl (C=O) groups is 1. The van der Waals surface area contributed by atoms with Gasteiger partial charge in [0.1, 0.15) is 5.56 Å². The van der Waals surface area contributed by atoms with Gasteiger partial charge in [-0.2, -0.15) is 5.10 Å². The van der Waals surface area contributed by atoms with Gasteiger partial charge in [-0.15, -0.1) is 0 Å². The molecule has 1 aromatic rings. The second-order valence-electron chi connectivity index (χ2n) is 5.52. The summed E-state index contributed by atoms with van der Waals surface area (Å²) >= 11 is 0. The quantitative estimate of drug-likeness (QED) is 0.757. The molecule has 1 amide bonds. The van der Waals surface area contributed by atoms with Gasteiger partial charge in [0.25, 0.3) is 11.5 Å². The minimum atomic E-state index is -0.454. The summed E-state index contributed by atoms with van der Waals surface area (Å²) in [4.78, 5) is 23.9. The molecule has 2 rings (SSSR count). The van der Waals surface area contributed by atoms with Crippen LogP contribution in [0.25, 0.3) is 0 Å². The molecule has 0 aromatic carbocycles. The van der Waals surface area contributed by atoms with Crippen molar-refractivity contribution in [3.8, 4) is 0 Å². The fraction of sp³-hybridized carbons (Fsp3) is 0.643. The molecule has 0 spiro atoms. The van der Waals surface area contributed by atoms with Crippen LogP contribution in [-0.2, 0) is 0 Å². The van der Waals surface area contributed by atoms with E-state index in [0.717, 1.165) is 25.7 Å². The molecule has 0 unspecified atom stereocenters. The Morgan fingerprint density at radius 1 is 1.35 bits per heavy atom. The highest BCUT2D eigenvalue weighted by atomic mass is 16.3. The number of carbonyl (C=O) groups excluding carboxylic acids is 1. The molecule has 1 aliphatic rings. The lowest BCUT2D eigenvalue weighted by Gasteiger charge is -2.25. The largest absolute Gasteiger partial charge is 0.393 e. The Morgan fingerprint density at radius 2 is 2.00 bits per heavy atom. The van der Waals surface area contributed by atoms with E-state index in [-0.39, 0.29) is 17.6 Å². The zero-order chi connectivity index (χ0) is 14.7. The first-order valence-corrected chi connectivity index (χ1v) is 7.01. The maximum absolute atomic E-state index is 12.1. The molecule has 0 aliphatic heterocycles. The van der Waals surface area contributed by atoms with Crippen molar-refractivity contribution in [3.05, 3.63) is 27.2 Å². The summed E-state index contributed by atoms with van der Waals surface area (Å²) in [6.45, 7) is 4.03. The molecule has 1 aromatic heterocycles. The second-order valence-corrected chi connectivity index (χ2v) is 5.52. The van der Waals surface area contributed by atoms with Crippen LogP contribution in [0.1, 0.15) is 47.3 Å². The summed E-state index contributed by atoms with van der Waals surface area (Å²) in [5.41, 5.74) is 0.957. The van der Waals surface area contributed by atoms with E-state index in [1.807, 2.05) is 0 Å². The van der Waals surface area contributed by atoms with E-state index < -0.39 is 5.56 Å². The number of hydrogen-bond donors (Lipinski definition) is 3. The molecule has 0 saturated heterocycles. The van der Waals surface area contributed by atoms with Gasteiger partial charge in [-0.1, -0.05) is 0 Å². The Bertz CT molecular complexity index is 545. The highest BCUT2D eigenvalue weighted by molar-refractivity contribution is 5.95. The van der Waals surface area contributed by atoms with E-state index >= 15 is 0 Å². The SMILES string of the molecule is Cc1n[nH]c(=O)c(C(=O)NCC2CCC(O)CC2)c1C. The smallest absolute Gasteiger partial charge is 0.277 e. The average Bonchev–Trinajstić information content (AvgIpc) is 2.43. The summed E-state index contributed by atoms with van der Waals surface area (Å²) in [6, 6.07) is 0. The lowest BCUT2D eigenvalue weighted by molar-refractivity contribution is 0.0908. The Hall–Kier alpha value is -1.69. The van der Waals surface area contributed by atoms with Crippen LogP contribution in [0.3, 0.4) is 0 Å². The number of nitrogens with one attached hydrogen (secondary N) is 2. The number of aliphatic hydroxyl groups excluding tert-OH is 1. The van der Waals surface area contributed by atoms with Crippen molar-refractivity contribution in [1.82, 2.24) is 15.5 Å². The molecular formula is C14H21N3O3. The zero-order valence-corrected chi connectivity index (χ0v) is 11.9. The molecule has 6 heteroatoms. The maximum atomic E-state index is 12.1. The fourth-order valence-corrected chi connectivity index (χ4v) is 2.57. The van der Waals surface area contributed by atoms with Crippen molar-refractivity contribution >= 4 is 5.91 Å². The van der Waals surface area contributed by atoms with Crippen molar-refractivity contribution in [2.24, 2.45) is 5.92 Å². The van der Waals surface area contributed by atoms with Gasteiger partial charge >= 0.3 is 0 Å². The molecule has 3 N–H and O–H groups in total. The van der Waals surface area contributed by atoms with Gasteiger partial charge in [-0.3, -0.25) is 9.59 Å². The molecule has 1 aliphatic carbocycles. The van der Waals surface area contributed by atoms with Crippen molar-refractivity contribution < 1.29 is 9.90 Å². The molecule has 20 heavy (non-hydrogen) atoms. The van der Waals surface area contributed by atoms with Crippen LogP contribution in [0.15, 0.2) is 4.79 Å². The fourth-order valence-electron chi connectivity index (χ4n) is 2.57. The predicted molar refractivity (Wildman–Crippen MR) is 74.6 cm³/mol. The van der Waals surface area contributed by atoms with Gasteiger partial charge in [-0.05, 0) is 51.0 Å². The minimum absolute atomic E-state index is 0.147. The van der Waals surface area contributed by atoms with E-state index in [0.29, 0.717) is 23.7 Å². The summed E-state index contributed by atoms with van der Waals surface area (Å²) in [5.74, 6) is 0.0324. The molecule has 6 nitrogen and oxygen atoms in total. The monoisotopic (exact) mass is 279 g/mol. The van der Waals surface area contributed by atoms with Gasteiger partial charge in [0.2, 0.25) is 0 Å². The van der Waals surface area contributed by atoms with E-state index in [1.165, 1.54) is 0 Å². The predicted octanol–water partition coefficient (Wildman–Crippen LogP) is 0.668. The van der Waals surface area contributed by atoms with Crippen LogP contribution in [0.5, 0.6) is 0 Å². The van der Waals surface area contributed by atoms with Crippen LogP contribution < -0.4 is 10.9 Å². The molecular weight excluding hydrogens is 258 g/mol. The number of nitrogens with zero attached hydrogens (tertiary/aromatic N) is 1. The topological polar surface area (TPSA) is 95.1 Å². The van der Waals surface area contributed by atoms with E-state index in [2.05, 4.69) is 15.5 Å². The van der Waals surface area contributed by atoms with E-state index in [1.54, 1.807) is 13.8 Å². The maximum Gasteiger partial charge on any atom is 0.277 e. The van der Waals surface area contributed by atoms with Gasteiger partial charge in [0.05, 0.1) is 11.8 Å². The number of amides is 1. The Kier molecular flexibility index (Phi) is 4.54. The standard InChI is InChI=1S/C14H21N3O3/c1-8-9(2)16-17-14(20)12(8)13(19)15-7-10-3-5-11(18)6-4-10/h10-11,18H,3-7H2,1-2H3,(H,15,19)(H,17,20). The van der Waals surface area contributed by atoms with Gasteiger partial charge < -0.3 is 10.4 Å². The second kappa shape index (κ2) is 6.17. The van der Waals surface area contributed by atoms with Crippen LogP contribution in [0.4, 0.5) is 0 Å². The van der Waals surface area contributed by atoms with Crippen molar-refractivity contribution in [3.63, 3.8) is 0 Å². The van der Waals surface area contributed by atoms with Gasteiger partial charge in [-0.25, -0.2) is 5.10 Å².